The number of hydrogen-bond acceptors (Lipinski definition) is 2. The van der Waals surface area contributed by atoms with E-state index in [9.17, 15) is 0 Å². The lowest BCUT2D eigenvalue weighted by atomic mass is 9.97. The molecule has 3 heteroatoms. The molecule has 0 unspecified atom stereocenters. The lowest BCUT2D eigenvalue weighted by Gasteiger charge is -2.28. The lowest BCUT2D eigenvalue weighted by Crippen LogP contribution is -2.11. The molecule has 0 radical (unpaired) electrons. The van der Waals surface area contributed by atoms with Crippen LogP contribution in [0.25, 0.3) is 93.2 Å². The first-order valence-electron chi connectivity index (χ1n) is 20.2. The molecule has 59 heavy (non-hydrogen) atoms. The largest absolute Gasteiger partial charge is 0.455 e. The quantitative estimate of drug-likeness (QED) is 0.169. The number of aromatic nitrogens is 1. The summed E-state index contributed by atoms with van der Waals surface area (Å²) in [5, 5.41) is 9.50. The minimum absolute atomic E-state index is 0.860. The fourth-order valence-corrected chi connectivity index (χ4v) is 9.32. The van der Waals surface area contributed by atoms with Crippen molar-refractivity contribution in [2.75, 3.05) is 4.90 Å². The van der Waals surface area contributed by atoms with E-state index >= 15 is 0 Å². The Morgan fingerprint density at radius 2 is 0.966 bits per heavy atom. The Morgan fingerprint density at radius 3 is 1.73 bits per heavy atom. The summed E-state index contributed by atoms with van der Waals surface area (Å²) < 4.78 is 9.32. The predicted octanol–water partition coefficient (Wildman–Crippen LogP) is 15.8. The summed E-state index contributed by atoms with van der Waals surface area (Å²) in [7, 11) is 0. The summed E-state index contributed by atoms with van der Waals surface area (Å²) in [6.45, 7) is 0. The van der Waals surface area contributed by atoms with E-state index in [0.29, 0.717) is 0 Å². The topological polar surface area (TPSA) is 21.3 Å². The van der Waals surface area contributed by atoms with Crippen molar-refractivity contribution in [1.29, 1.82) is 0 Å². The second-order valence-electron chi connectivity index (χ2n) is 15.3. The van der Waals surface area contributed by atoms with E-state index < -0.39 is 0 Å². The fourth-order valence-electron chi connectivity index (χ4n) is 9.32. The number of nitrogens with zero attached hydrogens (tertiary/aromatic N) is 2. The molecule has 0 aliphatic carbocycles. The number of anilines is 3. The molecule has 0 fully saturated rings. The average molecular weight is 753 g/mol. The molecule has 0 bridgehead atoms. The summed E-state index contributed by atoms with van der Waals surface area (Å²) >= 11 is 0. The highest BCUT2D eigenvalue weighted by Gasteiger charge is 2.24. The van der Waals surface area contributed by atoms with Crippen LogP contribution in [0.3, 0.4) is 0 Å². The molecule has 12 rings (SSSR count). The Labute approximate surface area is 341 Å². The molecule has 12 aromatic rings. The molecule has 0 amide bonds. The van der Waals surface area contributed by atoms with Crippen LogP contribution >= 0.6 is 0 Å². The highest BCUT2D eigenvalue weighted by atomic mass is 16.3. The molecule has 0 N–H and O–H groups in total. The van der Waals surface area contributed by atoms with Crippen LogP contribution in [-0.2, 0) is 0 Å². The van der Waals surface area contributed by atoms with Crippen molar-refractivity contribution >= 4 is 82.4 Å². The Morgan fingerprint density at radius 1 is 0.373 bits per heavy atom. The molecule has 0 aliphatic heterocycles. The molecule has 0 atom stereocenters. The summed E-state index contributed by atoms with van der Waals surface area (Å²) in [4.78, 5) is 2.41. The van der Waals surface area contributed by atoms with Crippen LogP contribution < -0.4 is 4.90 Å². The maximum absolute atomic E-state index is 6.94. The van der Waals surface area contributed by atoms with Gasteiger partial charge in [0.15, 0.2) is 0 Å². The molecule has 0 saturated heterocycles. The van der Waals surface area contributed by atoms with Crippen molar-refractivity contribution < 1.29 is 4.42 Å². The van der Waals surface area contributed by atoms with Crippen molar-refractivity contribution in [2.45, 2.75) is 0 Å². The predicted molar refractivity (Wildman–Crippen MR) is 249 cm³/mol. The Kier molecular flexibility index (Phi) is 7.54. The first-order chi connectivity index (χ1) is 29.3. The molecular weight excluding hydrogens is 717 g/mol. The van der Waals surface area contributed by atoms with Crippen LogP contribution in [-0.4, -0.2) is 4.57 Å². The first-order valence-corrected chi connectivity index (χ1v) is 20.2. The van der Waals surface area contributed by atoms with Crippen LogP contribution in [0.5, 0.6) is 0 Å². The second kappa shape index (κ2) is 13.4. The van der Waals surface area contributed by atoms with E-state index in [1.54, 1.807) is 0 Å². The van der Waals surface area contributed by atoms with E-state index in [2.05, 4.69) is 228 Å². The SMILES string of the molecule is c1cc(-c2ccc(N(c3ccc(-c4cccc5ccccc45)cc3)c3cccc4ccccc34)c3c2oc2ccccc23)cc(-n2c3ccccc3c3ccccc32)c1. The van der Waals surface area contributed by atoms with E-state index in [0.717, 1.165) is 55.8 Å². The van der Waals surface area contributed by atoms with Gasteiger partial charge in [-0.05, 0) is 93.5 Å². The molecule has 0 saturated carbocycles. The third kappa shape index (κ3) is 5.29. The number of furan rings is 1. The Hall–Kier alpha value is -7.88. The van der Waals surface area contributed by atoms with Gasteiger partial charge in [0, 0.05) is 38.5 Å². The molecule has 276 valence electrons. The minimum Gasteiger partial charge on any atom is -0.455 e. The van der Waals surface area contributed by atoms with Gasteiger partial charge in [-0.25, -0.2) is 0 Å². The summed E-state index contributed by atoms with van der Waals surface area (Å²) in [6.07, 6.45) is 0. The summed E-state index contributed by atoms with van der Waals surface area (Å²) in [6, 6.07) is 78.6. The molecule has 2 aromatic heterocycles. The Balaban J connectivity index is 1.08. The second-order valence-corrected chi connectivity index (χ2v) is 15.3. The third-order valence-corrected chi connectivity index (χ3v) is 12.0. The highest BCUT2D eigenvalue weighted by molar-refractivity contribution is 6.18. The normalized spacial score (nSPS) is 11.7. The number of fused-ring (bicyclic) bond motifs is 8. The molecule has 3 nitrogen and oxygen atoms in total. The monoisotopic (exact) mass is 752 g/mol. The molecule has 0 aliphatic rings. The van der Waals surface area contributed by atoms with Crippen LogP contribution in [0.1, 0.15) is 0 Å². The lowest BCUT2D eigenvalue weighted by molar-refractivity contribution is 0.670. The first kappa shape index (κ1) is 33.3. The molecule has 0 spiro atoms. The summed E-state index contributed by atoms with van der Waals surface area (Å²) in [5.74, 6) is 0. The van der Waals surface area contributed by atoms with Gasteiger partial charge < -0.3 is 13.9 Å². The third-order valence-electron chi connectivity index (χ3n) is 12.0. The molecule has 10 aromatic carbocycles. The van der Waals surface area contributed by atoms with Gasteiger partial charge in [-0.15, -0.1) is 0 Å². The fraction of sp³-hybridized carbons (Fsp3) is 0. The van der Waals surface area contributed by atoms with Gasteiger partial charge in [0.05, 0.1) is 27.8 Å². The zero-order chi connectivity index (χ0) is 38.9. The summed E-state index contributed by atoms with van der Waals surface area (Å²) in [5.41, 5.74) is 13.0. The van der Waals surface area contributed by atoms with Gasteiger partial charge >= 0.3 is 0 Å². The van der Waals surface area contributed by atoms with Crippen LogP contribution in [0, 0.1) is 0 Å². The van der Waals surface area contributed by atoms with E-state index in [1.165, 1.54) is 54.5 Å². The van der Waals surface area contributed by atoms with Gasteiger partial charge in [-0.2, -0.15) is 0 Å². The number of rotatable bonds is 6. The van der Waals surface area contributed by atoms with Crippen molar-refractivity contribution in [1.82, 2.24) is 4.57 Å². The van der Waals surface area contributed by atoms with Gasteiger partial charge in [-0.1, -0.05) is 158 Å². The van der Waals surface area contributed by atoms with Gasteiger partial charge in [0.2, 0.25) is 0 Å². The zero-order valence-corrected chi connectivity index (χ0v) is 32.1. The number of para-hydroxylation sites is 3. The minimum atomic E-state index is 0.860. The van der Waals surface area contributed by atoms with Gasteiger partial charge in [-0.3, -0.25) is 0 Å². The van der Waals surface area contributed by atoms with Crippen LogP contribution in [0.15, 0.2) is 223 Å². The van der Waals surface area contributed by atoms with E-state index in [4.69, 9.17) is 4.42 Å². The number of benzene rings is 10. The van der Waals surface area contributed by atoms with Crippen LogP contribution in [0.4, 0.5) is 17.1 Å². The van der Waals surface area contributed by atoms with Crippen molar-refractivity contribution in [3.63, 3.8) is 0 Å². The maximum atomic E-state index is 6.94. The van der Waals surface area contributed by atoms with E-state index in [1.807, 2.05) is 0 Å². The van der Waals surface area contributed by atoms with Crippen molar-refractivity contribution in [3.05, 3.63) is 218 Å². The van der Waals surface area contributed by atoms with Crippen molar-refractivity contribution in [3.8, 4) is 27.9 Å². The molecule has 2 heterocycles. The van der Waals surface area contributed by atoms with Crippen LogP contribution in [0.2, 0.25) is 0 Å². The van der Waals surface area contributed by atoms with Gasteiger partial charge in [0.1, 0.15) is 11.2 Å². The highest BCUT2D eigenvalue weighted by Crippen LogP contribution is 2.48. The standard InChI is InChI=1S/C56H36N2O/c1-3-20-43-37(14-1)16-12-25-44(43)39-30-32-41(33-31-39)57(50-28-13-17-38-15-2-4-21-45(38)50)53-35-34-46(56-55(53)49-24-7-10-29-54(49)59-56)40-18-11-19-42(36-40)58-51-26-8-5-22-47(51)48-23-6-9-27-52(48)58/h1-36H. The average Bonchev–Trinajstić information content (AvgIpc) is 3.86. The maximum Gasteiger partial charge on any atom is 0.145 e. The number of hydrogen-bond donors (Lipinski definition) is 0. The van der Waals surface area contributed by atoms with Gasteiger partial charge in [0.25, 0.3) is 0 Å². The van der Waals surface area contributed by atoms with Crippen molar-refractivity contribution in [2.24, 2.45) is 0 Å². The smallest absolute Gasteiger partial charge is 0.145 e. The van der Waals surface area contributed by atoms with E-state index in [-0.39, 0.29) is 0 Å². The Bertz CT molecular complexity index is 3510. The zero-order valence-electron chi connectivity index (χ0n) is 32.1. The molecular formula is C56H36N2O.